The molecule has 0 radical (unpaired) electrons. The van der Waals surface area contributed by atoms with E-state index in [2.05, 4.69) is 4.99 Å². The molecule has 1 aliphatic heterocycles. The second-order valence-electron chi connectivity index (χ2n) is 3.97. The average Bonchev–Trinajstić information content (AvgIpc) is 2.33. The van der Waals surface area contributed by atoms with Crippen molar-refractivity contribution in [2.24, 2.45) is 10.7 Å². The lowest BCUT2D eigenvalue weighted by atomic mass is 10.1. The second kappa shape index (κ2) is 4.96. The van der Waals surface area contributed by atoms with Crippen LogP contribution in [0, 0.1) is 5.82 Å². The first-order valence-electron chi connectivity index (χ1n) is 5.61. The van der Waals surface area contributed by atoms with Gasteiger partial charge in [-0.3, -0.25) is 0 Å². The van der Waals surface area contributed by atoms with Crippen molar-refractivity contribution in [1.82, 2.24) is 4.90 Å². The fourth-order valence-electron chi connectivity index (χ4n) is 1.86. The second-order valence-corrected chi connectivity index (χ2v) is 3.97. The highest BCUT2D eigenvalue weighted by Gasteiger charge is 2.12. The minimum absolute atomic E-state index is 0.311. The Labute approximate surface area is 94.8 Å². The maximum atomic E-state index is 13.3. The topological polar surface area (TPSA) is 41.6 Å². The van der Waals surface area contributed by atoms with Gasteiger partial charge in [-0.15, -0.1) is 0 Å². The quantitative estimate of drug-likeness (QED) is 0.583. The molecular formula is C12H16FN3. The van der Waals surface area contributed by atoms with Gasteiger partial charge >= 0.3 is 0 Å². The third-order valence-corrected chi connectivity index (χ3v) is 2.77. The van der Waals surface area contributed by atoms with E-state index in [1.807, 2.05) is 4.90 Å². The summed E-state index contributed by atoms with van der Waals surface area (Å²) in [6, 6.07) is 6.42. The Bertz CT molecular complexity index is 384. The maximum absolute atomic E-state index is 13.3. The molecular weight excluding hydrogens is 205 g/mol. The Balaban J connectivity index is 2.13. The number of rotatable bonds is 1. The van der Waals surface area contributed by atoms with Crippen LogP contribution in [-0.4, -0.2) is 23.9 Å². The van der Waals surface area contributed by atoms with Crippen molar-refractivity contribution in [2.75, 3.05) is 13.1 Å². The van der Waals surface area contributed by atoms with Gasteiger partial charge in [-0.25, -0.2) is 9.38 Å². The number of guanidine groups is 1. The van der Waals surface area contributed by atoms with E-state index < -0.39 is 0 Å². The number of hydrogen-bond acceptors (Lipinski definition) is 1. The van der Waals surface area contributed by atoms with Crippen LogP contribution in [0.1, 0.15) is 19.3 Å². The van der Waals surface area contributed by atoms with Crippen molar-refractivity contribution in [3.8, 4) is 0 Å². The molecule has 0 atom stereocenters. The Morgan fingerprint density at radius 1 is 1.19 bits per heavy atom. The number of halogens is 1. The van der Waals surface area contributed by atoms with Crippen LogP contribution in [0.15, 0.2) is 29.3 Å². The van der Waals surface area contributed by atoms with Gasteiger partial charge in [-0.05, 0) is 31.4 Å². The molecule has 1 saturated heterocycles. The molecule has 2 rings (SSSR count). The number of aliphatic imine (C=N–C) groups is 1. The van der Waals surface area contributed by atoms with Crippen molar-refractivity contribution < 1.29 is 4.39 Å². The molecule has 3 nitrogen and oxygen atoms in total. The minimum Gasteiger partial charge on any atom is -0.369 e. The van der Waals surface area contributed by atoms with Crippen LogP contribution >= 0.6 is 0 Å². The minimum atomic E-state index is -0.331. The summed E-state index contributed by atoms with van der Waals surface area (Å²) in [6.07, 6.45) is 3.50. The molecule has 4 heteroatoms. The summed E-state index contributed by atoms with van der Waals surface area (Å²) in [5.41, 5.74) is 6.17. The molecule has 0 aromatic heterocycles. The number of likely N-dealkylation sites (tertiary alicyclic amines) is 1. The van der Waals surface area contributed by atoms with E-state index in [0.29, 0.717) is 11.6 Å². The van der Waals surface area contributed by atoms with Crippen LogP contribution in [0.5, 0.6) is 0 Å². The van der Waals surface area contributed by atoms with Crippen LogP contribution in [0.2, 0.25) is 0 Å². The standard InChI is InChI=1S/C12H16FN3/c13-10-6-2-3-7-11(10)15-12(14)16-8-4-1-5-9-16/h2-3,6-7H,1,4-5,8-9H2,(H2,14,15). The molecule has 0 aliphatic carbocycles. The summed E-state index contributed by atoms with van der Waals surface area (Å²) in [7, 11) is 0. The maximum Gasteiger partial charge on any atom is 0.196 e. The van der Waals surface area contributed by atoms with Gasteiger partial charge in [0.1, 0.15) is 11.5 Å². The van der Waals surface area contributed by atoms with Crippen molar-refractivity contribution in [3.63, 3.8) is 0 Å². The van der Waals surface area contributed by atoms with Gasteiger partial charge in [0.05, 0.1) is 0 Å². The summed E-state index contributed by atoms with van der Waals surface area (Å²) >= 11 is 0. The van der Waals surface area contributed by atoms with E-state index in [9.17, 15) is 4.39 Å². The highest BCUT2D eigenvalue weighted by molar-refractivity contribution is 5.81. The number of nitrogens with zero attached hydrogens (tertiary/aromatic N) is 2. The summed E-state index contributed by atoms with van der Waals surface area (Å²) < 4.78 is 13.3. The first-order chi connectivity index (χ1) is 7.77. The normalized spacial score (nSPS) is 17.6. The zero-order valence-corrected chi connectivity index (χ0v) is 9.19. The van der Waals surface area contributed by atoms with Crippen LogP contribution < -0.4 is 5.73 Å². The number of para-hydroxylation sites is 1. The van der Waals surface area contributed by atoms with Gasteiger partial charge in [0, 0.05) is 13.1 Å². The Hall–Kier alpha value is -1.58. The summed E-state index contributed by atoms with van der Waals surface area (Å²) in [6.45, 7) is 1.84. The zero-order valence-electron chi connectivity index (χ0n) is 9.19. The molecule has 0 bridgehead atoms. The third kappa shape index (κ3) is 2.51. The summed E-state index contributed by atoms with van der Waals surface area (Å²) in [4.78, 5) is 6.14. The lowest BCUT2D eigenvalue weighted by Gasteiger charge is -2.27. The predicted octanol–water partition coefficient (Wildman–Crippen LogP) is 2.26. The van der Waals surface area contributed by atoms with Gasteiger partial charge in [-0.2, -0.15) is 0 Å². The van der Waals surface area contributed by atoms with Crippen molar-refractivity contribution in [2.45, 2.75) is 19.3 Å². The van der Waals surface area contributed by atoms with Crippen LogP contribution in [0.3, 0.4) is 0 Å². The molecule has 1 aliphatic rings. The van der Waals surface area contributed by atoms with E-state index in [1.165, 1.54) is 12.5 Å². The number of benzene rings is 1. The molecule has 1 aromatic rings. The first-order valence-corrected chi connectivity index (χ1v) is 5.61. The molecule has 1 heterocycles. The molecule has 0 unspecified atom stereocenters. The molecule has 16 heavy (non-hydrogen) atoms. The van der Waals surface area contributed by atoms with E-state index >= 15 is 0 Å². The molecule has 86 valence electrons. The van der Waals surface area contributed by atoms with Crippen molar-refractivity contribution >= 4 is 11.6 Å². The van der Waals surface area contributed by atoms with Gasteiger partial charge in [0.15, 0.2) is 5.96 Å². The van der Waals surface area contributed by atoms with E-state index in [4.69, 9.17) is 5.73 Å². The monoisotopic (exact) mass is 221 g/mol. The molecule has 1 fully saturated rings. The highest BCUT2D eigenvalue weighted by Crippen LogP contribution is 2.17. The van der Waals surface area contributed by atoms with Crippen LogP contribution in [0.4, 0.5) is 10.1 Å². The molecule has 0 amide bonds. The average molecular weight is 221 g/mol. The molecule has 0 spiro atoms. The van der Waals surface area contributed by atoms with E-state index in [1.54, 1.807) is 18.2 Å². The van der Waals surface area contributed by atoms with Crippen molar-refractivity contribution in [3.05, 3.63) is 30.1 Å². The lowest BCUT2D eigenvalue weighted by molar-refractivity contribution is 0.339. The van der Waals surface area contributed by atoms with Crippen LogP contribution in [0.25, 0.3) is 0 Å². The lowest BCUT2D eigenvalue weighted by Crippen LogP contribution is -2.40. The summed E-state index contributed by atoms with van der Waals surface area (Å²) in [5, 5.41) is 0. The fourth-order valence-corrected chi connectivity index (χ4v) is 1.86. The smallest absolute Gasteiger partial charge is 0.196 e. The van der Waals surface area contributed by atoms with Gasteiger partial charge in [-0.1, -0.05) is 12.1 Å². The van der Waals surface area contributed by atoms with Gasteiger partial charge in [0.2, 0.25) is 0 Å². The highest BCUT2D eigenvalue weighted by atomic mass is 19.1. The van der Waals surface area contributed by atoms with Crippen molar-refractivity contribution in [1.29, 1.82) is 0 Å². The number of piperidine rings is 1. The largest absolute Gasteiger partial charge is 0.369 e. The van der Waals surface area contributed by atoms with Crippen LogP contribution in [-0.2, 0) is 0 Å². The van der Waals surface area contributed by atoms with Gasteiger partial charge < -0.3 is 10.6 Å². The third-order valence-electron chi connectivity index (χ3n) is 2.77. The Kier molecular flexibility index (Phi) is 3.39. The molecule has 1 aromatic carbocycles. The molecule has 0 saturated carbocycles. The first kappa shape index (κ1) is 10.9. The Morgan fingerprint density at radius 3 is 2.56 bits per heavy atom. The summed E-state index contributed by atoms with van der Waals surface area (Å²) in [5.74, 6) is 0.0901. The number of nitrogens with two attached hydrogens (primary N) is 1. The van der Waals surface area contributed by atoms with E-state index in [0.717, 1.165) is 25.9 Å². The van der Waals surface area contributed by atoms with Gasteiger partial charge in [0.25, 0.3) is 0 Å². The SMILES string of the molecule is NC(=Nc1ccccc1F)N1CCCCC1. The zero-order chi connectivity index (χ0) is 11.4. The number of hydrogen-bond donors (Lipinski definition) is 1. The molecule has 2 N–H and O–H groups in total. The Morgan fingerprint density at radius 2 is 1.88 bits per heavy atom. The van der Waals surface area contributed by atoms with E-state index in [-0.39, 0.29) is 5.82 Å². The predicted molar refractivity (Wildman–Crippen MR) is 63.1 cm³/mol. The fraction of sp³-hybridized carbons (Fsp3) is 0.417.